The lowest BCUT2D eigenvalue weighted by Crippen LogP contribution is -2.33. The summed E-state index contributed by atoms with van der Waals surface area (Å²) in [5.74, 6) is -0.384. The molecule has 34 heavy (non-hydrogen) atoms. The molecule has 0 saturated carbocycles. The Morgan fingerprint density at radius 3 is 2.62 bits per heavy atom. The molecule has 1 N–H and O–H groups in total. The molecule has 2 unspecified atom stereocenters. The Morgan fingerprint density at radius 1 is 1.21 bits per heavy atom. The molecule has 5 nitrogen and oxygen atoms in total. The lowest BCUT2D eigenvalue weighted by Gasteiger charge is -2.29. The highest BCUT2D eigenvalue weighted by Gasteiger charge is 2.34. The zero-order valence-electron chi connectivity index (χ0n) is 19.0. The van der Waals surface area contributed by atoms with Gasteiger partial charge in [-0.05, 0) is 69.6 Å². The van der Waals surface area contributed by atoms with Gasteiger partial charge in [0.05, 0.1) is 34.3 Å². The van der Waals surface area contributed by atoms with Crippen LogP contribution >= 0.6 is 11.6 Å². The number of fused-ring (bicyclic) bond motifs is 2. The third-order valence-electron chi connectivity index (χ3n) is 6.48. The van der Waals surface area contributed by atoms with E-state index in [4.69, 9.17) is 16.6 Å². The Labute approximate surface area is 200 Å². The first kappa shape index (κ1) is 24.3. The minimum atomic E-state index is -4.46. The number of hydrogen-bond acceptors (Lipinski definition) is 4. The molecule has 0 spiro atoms. The molecule has 180 valence electrons. The standard InChI is InChI=1S/C25H25ClF3N3O2/c1-14(31(2)3)13-30-20-10-16(15-5-4-6-17(9-15)25(27,28)29)11-22-23(20)24(33)19-12-18(26)7-8-21(19)32(22)34/h4-9,12,14,16,34H,10-11,13H2,1-3H3. The first-order chi connectivity index (χ1) is 16.0. The molecule has 0 radical (unpaired) electrons. The molecule has 1 aliphatic carbocycles. The maximum Gasteiger partial charge on any atom is 0.416 e. The molecule has 3 aromatic rings. The van der Waals surface area contributed by atoms with Crippen molar-refractivity contribution in [1.29, 1.82) is 0 Å². The average Bonchev–Trinajstić information content (AvgIpc) is 2.79. The third-order valence-corrected chi connectivity index (χ3v) is 6.72. The van der Waals surface area contributed by atoms with Crippen LogP contribution in [0.15, 0.2) is 52.3 Å². The van der Waals surface area contributed by atoms with Gasteiger partial charge in [0.15, 0.2) is 5.43 Å². The molecule has 1 aliphatic rings. The summed E-state index contributed by atoms with van der Waals surface area (Å²) < 4.78 is 41.0. The Hall–Kier alpha value is -2.84. The van der Waals surface area contributed by atoms with Crippen LogP contribution in [0.4, 0.5) is 13.2 Å². The van der Waals surface area contributed by atoms with Gasteiger partial charge in [0.25, 0.3) is 0 Å². The minimum Gasteiger partial charge on any atom is -0.428 e. The fourth-order valence-corrected chi connectivity index (χ4v) is 4.44. The minimum absolute atomic E-state index is 0.0798. The number of nitrogens with zero attached hydrogens (tertiary/aromatic N) is 3. The lowest BCUT2D eigenvalue weighted by molar-refractivity contribution is -0.137. The van der Waals surface area contributed by atoms with Crippen molar-refractivity contribution >= 4 is 28.2 Å². The van der Waals surface area contributed by atoms with Gasteiger partial charge in [-0.15, -0.1) is 0 Å². The van der Waals surface area contributed by atoms with Crippen molar-refractivity contribution in [1.82, 2.24) is 9.63 Å². The van der Waals surface area contributed by atoms with Crippen LogP contribution in [0.1, 0.15) is 41.6 Å². The molecular weight excluding hydrogens is 467 g/mol. The molecule has 2 aromatic carbocycles. The smallest absolute Gasteiger partial charge is 0.416 e. The van der Waals surface area contributed by atoms with Crippen molar-refractivity contribution in [3.05, 3.63) is 80.1 Å². The number of likely N-dealkylation sites (N-methyl/N-ethyl adjacent to an activating group) is 1. The quantitative estimate of drug-likeness (QED) is 0.498. The van der Waals surface area contributed by atoms with Crippen molar-refractivity contribution < 1.29 is 18.4 Å². The molecular formula is C25H25ClF3N3O2. The van der Waals surface area contributed by atoms with Gasteiger partial charge in [-0.3, -0.25) is 9.79 Å². The summed E-state index contributed by atoms with van der Waals surface area (Å²) >= 11 is 6.10. The van der Waals surface area contributed by atoms with Crippen LogP contribution in [-0.2, 0) is 12.6 Å². The zero-order chi connectivity index (χ0) is 24.8. The molecule has 1 heterocycles. The van der Waals surface area contributed by atoms with E-state index in [1.165, 1.54) is 12.1 Å². The number of pyridine rings is 1. The van der Waals surface area contributed by atoms with Crippen molar-refractivity contribution in [2.45, 2.75) is 37.9 Å². The molecule has 0 fully saturated rings. The Morgan fingerprint density at radius 2 is 1.94 bits per heavy atom. The van der Waals surface area contributed by atoms with Gasteiger partial charge in [-0.1, -0.05) is 29.8 Å². The van der Waals surface area contributed by atoms with E-state index in [0.717, 1.165) is 16.9 Å². The summed E-state index contributed by atoms with van der Waals surface area (Å²) in [5.41, 5.74) is 0.862. The van der Waals surface area contributed by atoms with Crippen LogP contribution in [0.2, 0.25) is 5.02 Å². The van der Waals surface area contributed by atoms with Crippen LogP contribution in [0.3, 0.4) is 0 Å². The van der Waals surface area contributed by atoms with Crippen LogP contribution in [0.5, 0.6) is 0 Å². The highest BCUT2D eigenvalue weighted by atomic mass is 35.5. The third kappa shape index (κ3) is 4.57. The number of alkyl halides is 3. The van der Waals surface area contributed by atoms with Crippen LogP contribution in [0, 0.1) is 0 Å². The van der Waals surface area contributed by atoms with Crippen LogP contribution < -0.4 is 5.43 Å². The fourth-order valence-electron chi connectivity index (χ4n) is 4.27. The molecule has 0 bridgehead atoms. The predicted octanol–water partition coefficient (Wildman–Crippen LogP) is 5.38. The van der Waals surface area contributed by atoms with Crippen molar-refractivity contribution in [3.8, 4) is 0 Å². The number of aromatic nitrogens is 1. The van der Waals surface area contributed by atoms with Crippen molar-refractivity contribution in [3.63, 3.8) is 0 Å². The molecule has 1 aromatic heterocycles. The number of halogens is 4. The monoisotopic (exact) mass is 491 g/mol. The first-order valence-electron chi connectivity index (χ1n) is 10.9. The van der Waals surface area contributed by atoms with E-state index in [2.05, 4.69) is 0 Å². The molecule has 2 atom stereocenters. The van der Waals surface area contributed by atoms with Gasteiger partial charge in [0.1, 0.15) is 0 Å². The second kappa shape index (κ2) is 9.07. The summed E-state index contributed by atoms with van der Waals surface area (Å²) in [6, 6.07) is 9.91. The summed E-state index contributed by atoms with van der Waals surface area (Å²) in [5, 5.41) is 11.7. The highest BCUT2D eigenvalue weighted by molar-refractivity contribution is 6.31. The number of benzene rings is 2. The van der Waals surface area contributed by atoms with E-state index in [0.29, 0.717) is 39.6 Å². The van der Waals surface area contributed by atoms with E-state index in [1.807, 2.05) is 25.9 Å². The second-order valence-electron chi connectivity index (χ2n) is 8.95. The average molecular weight is 492 g/mol. The van der Waals surface area contributed by atoms with Gasteiger partial charge in [0, 0.05) is 16.8 Å². The van der Waals surface area contributed by atoms with Gasteiger partial charge < -0.3 is 10.1 Å². The van der Waals surface area contributed by atoms with Gasteiger partial charge in [-0.25, -0.2) is 0 Å². The summed E-state index contributed by atoms with van der Waals surface area (Å²) in [4.78, 5) is 20.2. The van der Waals surface area contributed by atoms with Crippen molar-refractivity contribution in [2.75, 3.05) is 20.6 Å². The van der Waals surface area contributed by atoms with Gasteiger partial charge in [-0.2, -0.15) is 17.9 Å². The first-order valence-corrected chi connectivity index (χ1v) is 11.3. The van der Waals surface area contributed by atoms with E-state index >= 15 is 0 Å². The number of rotatable bonds is 4. The van der Waals surface area contributed by atoms with Crippen molar-refractivity contribution in [2.24, 2.45) is 4.99 Å². The summed E-state index contributed by atoms with van der Waals surface area (Å²) in [6.07, 6.45) is -3.98. The summed E-state index contributed by atoms with van der Waals surface area (Å²) in [6.45, 7) is 2.39. The molecule has 0 aliphatic heterocycles. The maximum absolute atomic E-state index is 13.5. The van der Waals surface area contributed by atoms with Gasteiger partial charge in [0.2, 0.25) is 0 Å². The fraction of sp³-hybridized carbons (Fsp3) is 0.360. The molecule has 9 heteroatoms. The van der Waals surface area contributed by atoms with E-state index in [1.54, 1.807) is 18.2 Å². The normalized spacial score (nSPS) is 18.5. The Balaban J connectivity index is 1.89. The maximum atomic E-state index is 13.5. The number of hydrogen-bond donors (Lipinski definition) is 1. The van der Waals surface area contributed by atoms with E-state index in [9.17, 15) is 23.2 Å². The SMILES string of the molecule is CC(CN=C1CC(c2cccc(C(F)(F)F)c2)Cc2c1c(=O)c1cc(Cl)ccc1n2O)N(C)C. The van der Waals surface area contributed by atoms with E-state index < -0.39 is 11.7 Å². The van der Waals surface area contributed by atoms with Gasteiger partial charge >= 0.3 is 6.18 Å². The molecule has 4 rings (SSSR count). The summed E-state index contributed by atoms with van der Waals surface area (Å²) in [7, 11) is 3.84. The Kier molecular flexibility index (Phi) is 6.48. The Bertz CT molecular complexity index is 1330. The number of aliphatic imine (C=N–C) groups is 1. The topological polar surface area (TPSA) is 57.8 Å². The predicted molar refractivity (Wildman–Crippen MR) is 127 cm³/mol. The molecule has 0 saturated heterocycles. The molecule has 0 amide bonds. The lowest BCUT2D eigenvalue weighted by atomic mass is 9.80. The highest BCUT2D eigenvalue weighted by Crippen LogP contribution is 2.36. The second-order valence-corrected chi connectivity index (χ2v) is 9.39. The van der Waals surface area contributed by atoms with E-state index in [-0.39, 0.29) is 35.6 Å². The van der Waals surface area contributed by atoms with Crippen LogP contribution in [-0.4, -0.2) is 47.2 Å². The van der Waals surface area contributed by atoms with Crippen LogP contribution in [0.25, 0.3) is 10.9 Å². The largest absolute Gasteiger partial charge is 0.428 e. The zero-order valence-corrected chi connectivity index (χ0v) is 19.8.